The lowest BCUT2D eigenvalue weighted by Crippen LogP contribution is -2.27. The number of hydrogen-bond acceptors (Lipinski definition) is 5. The number of unbranched alkanes of at least 4 members (excludes halogenated alkanes) is 1. The van der Waals surface area contributed by atoms with Crippen LogP contribution in [0.5, 0.6) is 0 Å². The number of carbonyl (C=O) groups excluding carboxylic acids is 1. The zero-order valence-corrected chi connectivity index (χ0v) is 13.8. The average molecular weight is 302 g/mol. The molecule has 0 aromatic heterocycles. The van der Waals surface area contributed by atoms with Crippen molar-refractivity contribution in [1.82, 2.24) is 0 Å². The van der Waals surface area contributed by atoms with Crippen molar-refractivity contribution in [2.75, 3.05) is 26.4 Å². The second kappa shape index (κ2) is 12.8. The van der Waals surface area contributed by atoms with Gasteiger partial charge in [0.25, 0.3) is 0 Å². The Hall–Kier alpha value is -0.910. The maximum absolute atomic E-state index is 11.0. The molecule has 0 heterocycles. The number of esters is 1. The van der Waals surface area contributed by atoms with Crippen LogP contribution in [0, 0.1) is 0 Å². The first-order valence-electron chi connectivity index (χ1n) is 7.63. The lowest BCUT2D eigenvalue weighted by Gasteiger charge is -2.19. The molecule has 0 aromatic rings. The SMILES string of the molecule is C=CC(=O)OC(C)COC(C)COC(C)COCCCC. The topological polar surface area (TPSA) is 54.0 Å². The van der Waals surface area contributed by atoms with Crippen LogP contribution in [0.3, 0.4) is 0 Å². The summed E-state index contributed by atoms with van der Waals surface area (Å²) in [5.74, 6) is -0.437. The van der Waals surface area contributed by atoms with Crippen LogP contribution in [-0.4, -0.2) is 50.7 Å². The third-order valence-corrected chi connectivity index (χ3v) is 2.71. The molecule has 0 aliphatic heterocycles. The Morgan fingerprint density at radius 1 is 1.05 bits per heavy atom. The average Bonchev–Trinajstić information content (AvgIpc) is 2.47. The molecule has 0 aromatic carbocycles. The van der Waals surface area contributed by atoms with Gasteiger partial charge in [-0.1, -0.05) is 19.9 Å². The molecule has 5 heteroatoms. The summed E-state index contributed by atoms with van der Waals surface area (Å²) in [4.78, 5) is 11.0. The molecule has 0 aliphatic carbocycles. The van der Waals surface area contributed by atoms with Crippen LogP contribution < -0.4 is 0 Å². The standard InChI is InChI=1S/C16H30O5/c1-6-8-9-18-10-13(3)19-11-14(4)20-12-15(5)21-16(17)7-2/h7,13-15H,2,6,8-12H2,1,3-5H3. The molecular formula is C16H30O5. The highest BCUT2D eigenvalue weighted by Crippen LogP contribution is 2.01. The van der Waals surface area contributed by atoms with E-state index in [0.29, 0.717) is 19.8 Å². The molecule has 21 heavy (non-hydrogen) atoms. The van der Waals surface area contributed by atoms with Crippen molar-refractivity contribution >= 4 is 5.97 Å². The minimum absolute atomic E-state index is 0.0453. The van der Waals surface area contributed by atoms with Gasteiger partial charge in [-0.3, -0.25) is 0 Å². The monoisotopic (exact) mass is 302 g/mol. The van der Waals surface area contributed by atoms with E-state index in [1.54, 1.807) is 6.92 Å². The van der Waals surface area contributed by atoms with Crippen molar-refractivity contribution in [2.24, 2.45) is 0 Å². The van der Waals surface area contributed by atoms with Crippen LogP contribution in [-0.2, 0) is 23.7 Å². The fraction of sp³-hybridized carbons (Fsp3) is 0.812. The maximum atomic E-state index is 11.0. The van der Waals surface area contributed by atoms with Gasteiger partial charge in [0.2, 0.25) is 0 Å². The van der Waals surface area contributed by atoms with Gasteiger partial charge >= 0.3 is 5.97 Å². The molecule has 0 saturated carbocycles. The summed E-state index contributed by atoms with van der Waals surface area (Å²) in [5.41, 5.74) is 0. The van der Waals surface area contributed by atoms with Gasteiger partial charge in [0.15, 0.2) is 0 Å². The first-order chi connectivity index (χ1) is 9.99. The Kier molecular flexibility index (Phi) is 12.2. The summed E-state index contributed by atoms with van der Waals surface area (Å²) in [5, 5.41) is 0. The minimum atomic E-state index is -0.437. The molecule has 0 aliphatic rings. The third-order valence-electron chi connectivity index (χ3n) is 2.71. The zero-order valence-electron chi connectivity index (χ0n) is 13.8. The molecule has 124 valence electrons. The number of hydrogen-bond donors (Lipinski definition) is 0. The van der Waals surface area contributed by atoms with E-state index in [1.165, 1.54) is 0 Å². The Balaban J connectivity index is 3.62. The lowest BCUT2D eigenvalue weighted by atomic mass is 10.3. The summed E-state index contributed by atoms with van der Waals surface area (Å²) in [6.45, 7) is 13.4. The minimum Gasteiger partial charge on any atom is -0.457 e. The Morgan fingerprint density at radius 2 is 1.62 bits per heavy atom. The van der Waals surface area contributed by atoms with Crippen LogP contribution in [0.25, 0.3) is 0 Å². The zero-order chi connectivity index (χ0) is 16.1. The summed E-state index contributed by atoms with van der Waals surface area (Å²) in [6, 6.07) is 0. The summed E-state index contributed by atoms with van der Waals surface area (Å²) >= 11 is 0. The molecule has 0 amide bonds. The molecule has 5 nitrogen and oxygen atoms in total. The summed E-state index contributed by atoms with van der Waals surface area (Å²) in [7, 11) is 0. The van der Waals surface area contributed by atoms with E-state index in [4.69, 9.17) is 18.9 Å². The Morgan fingerprint density at radius 3 is 2.19 bits per heavy atom. The fourth-order valence-electron chi connectivity index (χ4n) is 1.47. The second-order valence-electron chi connectivity index (χ2n) is 5.17. The van der Waals surface area contributed by atoms with Gasteiger partial charge in [-0.15, -0.1) is 0 Å². The third kappa shape index (κ3) is 12.5. The number of carbonyl (C=O) groups is 1. The molecule has 0 rings (SSSR count). The molecule has 3 unspecified atom stereocenters. The van der Waals surface area contributed by atoms with Crippen molar-refractivity contribution in [3.8, 4) is 0 Å². The van der Waals surface area contributed by atoms with E-state index in [1.807, 2.05) is 13.8 Å². The molecule has 3 atom stereocenters. The molecule has 0 bridgehead atoms. The Bertz CT molecular complexity index is 280. The van der Waals surface area contributed by atoms with Gasteiger partial charge < -0.3 is 18.9 Å². The largest absolute Gasteiger partial charge is 0.457 e. The molecule has 0 N–H and O–H groups in total. The summed E-state index contributed by atoms with van der Waals surface area (Å²) in [6.07, 6.45) is 3.04. The molecule has 0 fully saturated rings. The van der Waals surface area contributed by atoms with E-state index in [9.17, 15) is 4.79 Å². The lowest BCUT2D eigenvalue weighted by molar-refractivity contribution is -0.147. The highest BCUT2D eigenvalue weighted by Gasteiger charge is 2.11. The number of ether oxygens (including phenoxy) is 4. The van der Waals surface area contributed by atoms with E-state index < -0.39 is 5.97 Å². The van der Waals surface area contributed by atoms with Gasteiger partial charge in [0.05, 0.1) is 32.0 Å². The highest BCUT2D eigenvalue weighted by molar-refractivity contribution is 5.81. The van der Waals surface area contributed by atoms with Crippen LogP contribution in [0.4, 0.5) is 0 Å². The van der Waals surface area contributed by atoms with E-state index in [-0.39, 0.29) is 18.3 Å². The Labute approximate surface area is 128 Å². The normalized spacial score (nSPS) is 15.2. The van der Waals surface area contributed by atoms with E-state index >= 15 is 0 Å². The quantitative estimate of drug-likeness (QED) is 0.297. The number of rotatable bonds is 13. The van der Waals surface area contributed by atoms with Crippen molar-refractivity contribution in [1.29, 1.82) is 0 Å². The summed E-state index contributed by atoms with van der Waals surface area (Å²) < 4.78 is 21.7. The fourth-order valence-corrected chi connectivity index (χ4v) is 1.47. The smallest absolute Gasteiger partial charge is 0.330 e. The van der Waals surface area contributed by atoms with Gasteiger partial charge in [-0.05, 0) is 27.2 Å². The second-order valence-corrected chi connectivity index (χ2v) is 5.17. The van der Waals surface area contributed by atoms with E-state index in [2.05, 4.69) is 13.5 Å². The maximum Gasteiger partial charge on any atom is 0.330 e. The first-order valence-corrected chi connectivity index (χ1v) is 7.63. The van der Waals surface area contributed by atoms with Crippen LogP contribution in [0.1, 0.15) is 40.5 Å². The predicted octanol–water partition coefficient (Wildman–Crippen LogP) is 2.73. The molecule has 0 spiro atoms. The van der Waals surface area contributed by atoms with Crippen molar-refractivity contribution in [3.05, 3.63) is 12.7 Å². The van der Waals surface area contributed by atoms with Gasteiger partial charge in [0, 0.05) is 12.7 Å². The predicted molar refractivity (Wildman–Crippen MR) is 82.3 cm³/mol. The van der Waals surface area contributed by atoms with Crippen LogP contribution in [0.2, 0.25) is 0 Å². The molecule has 0 saturated heterocycles. The van der Waals surface area contributed by atoms with Crippen molar-refractivity contribution < 1.29 is 23.7 Å². The van der Waals surface area contributed by atoms with Crippen LogP contribution in [0.15, 0.2) is 12.7 Å². The van der Waals surface area contributed by atoms with Crippen molar-refractivity contribution in [3.63, 3.8) is 0 Å². The van der Waals surface area contributed by atoms with Gasteiger partial charge in [-0.25, -0.2) is 4.79 Å². The first kappa shape index (κ1) is 20.1. The molecular weight excluding hydrogens is 272 g/mol. The van der Waals surface area contributed by atoms with E-state index in [0.717, 1.165) is 25.5 Å². The van der Waals surface area contributed by atoms with Crippen molar-refractivity contribution in [2.45, 2.75) is 58.8 Å². The van der Waals surface area contributed by atoms with Gasteiger partial charge in [-0.2, -0.15) is 0 Å². The molecule has 0 radical (unpaired) electrons. The van der Waals surface area contributed by atoms with Gasteiger partial charge in [0.1, 0.15) is 6.10 Å². The highest BCUT2D eigenvalue weighted by atomic mass is 16.6. The van der Waals surface area contributed by atoms with Crippen LogP contribution >= 0.6 is 0 Å².